The van der Waals surface area contributed by atoms with E-state index in [1.807, 2.05) is 42.5 Å². The highest BCUT2D eigenvalue weighted by atomic mass is 32.2. The quantitative estimate of drug-likeness (QED) is 0.316. The van der Waals surface area contributed by atoms with Gasteiger partial charge in [0.05, 0.1) is 4.91 Å². The maximum atomic E-state index is 12.1. The topological polar surface area (TPSA) is 38.8 Å². The molecule has 6 heteroatoms. The van der Waals surface area contributed by atoms with Crippen LogP contribution in [0.2, 0.25) is 0 Å². The molecule has 1 heterocycles. The first kappa shape index (κ1) is 21.4. The number of nitrogens with zero attached hydrogens (tertiary/aromatic N) is 1. The average Bonchev–Trinajstić information content (AvgIpc) is 2.98. The second-order valence-corrected chi connectivity index (χ2v) is 8.56. The van der Waals surface area contributed by atoms with Crippen LogP contribution in [-0.4, -0.2) is 35.4 Å². The average molecular weight is 428 g/mol. The molecule has 1 saturated heterocycles. The fourth-order valence-corrected chi connectivity index (χ4v) is 3.98. The van der Waals surface area contributed by atoms with Gasteiger partial charge in [-0.05, 0) is 53.8 Å². The van der Waals surface area contributed by atoms with Crippen molar-refractivity contribution in [2.45, 2.75) is 26.2 Å². The Hall–Kier alpha value is -2.31. The van der Waals surface area contributed by atoms with Crippen LogP contribution in [0.1, 0.15) is 37.3 Å². The first-order valence-electron chi connectivity index (χ1n) is 9.65. The van der Waals surface area contributed by atoms with Gasteiger partial charge in [0.1, 0.15) is 29.0 Å². The molecular formula is C23H25NO3S2. The fourth-order valence-electron chi connectivity index (χ4n) is 2.80. The second kappa shape index (κ2) is 9.94. The van der Waals surface area contributed by atoms with Crippen molar-refractivity contribution >= 4 is 40.3 Å². The number of likely N-dealkylation sites (N-methyl/N-ethyl adjacent to an activating group) is 1. The predicted octanol–water partition coefficient (Wildman–Crippen LogP) is 5.49. The Balaban J connectivity index is 1.46. The molecular weight excluding hydrogens is 402 g/mol. The Morgan fingerprint density at radius 2 is 1.59 bits per heavy atom. The largest absolute Gasteiger partial charge is 0.490 e. The van der Waals surface area contributed by atoms with Crippen LogP contribution in [0.3, 0.4) is 0 Å². The van der Waals surface area contributed by atoms with E-state index in [1.54, 1.807) is 7.05 Å². The second-order valence-electron chi connectivity index (χ2n) is 6.89. The molecule has 0 aromatic heterocycles. The van der Waals surface area contributed by atoms with E-state index in [-0.39, 0.29) is 5.91 Å². The van der Waals surface area contributed by atoms with Crippen molar-refractivity contribution in [2.75, 3.05) is 20.3 Å². The molecule has 29 heavy (non-hydrogen) atoms. The number of thiocarbonyl (C=S) groups is 1. The van der Waals surface area contributed by atoms with Gasteiger partial charge < -0.3 is 9.47 Å². The molecule has 0 saturated carbocycles. The van der Waals surface area contributed by atoms with Gasteiger partial charge in [-0.2, -0.15) is 0 Å². The number of carbonyl (C=O) groups excluding carboxylic acids is 1. The van der Waals surface area contributed by atoms with Gasteiger partial charge in [-0.15, -0.1) is 0 Å². The molecule has 3 rings (SSSR count). The molecule has 0 spiro atoms. The molecule has 4 nitrogen and oxygen atoms in total. The smallest absolute Gasteiger partial charge is 0.265 e. The number of hydrogen-bond acceptors (Lipinski definition) is 5. The first-order valence-corrected chi connectivity index (χ1v) is 10.9. The SMILES string of the molecule is CC[C@H](C)c1ccc(OCCOc2ccc(/C=C3/SC(=S)N(C)C3=O)cc2)cc1. The third kappa shape index (κ3) is 5.61. The van der Waals surface area contributed by atoms with Crippen molar-refractivity contribution < 1.29 is 14.3 Å². The summed E-state index contributed by atoms with van der Waals surface area (Å²) in [7, 11) is 1.69. The molecule has 0 bridgehead atoms. The van der Waals surface area contributed by atoms with Crippen molar-refractivity contribution in [1.82, 2.24) is 4.90 Å². The van der Waals surface area contributed by atoms with Crippen molar-refractivity contribution in [3.05, 3.63) is 64.6 Å². The van der Waals surface area contributed by atoms with Crippen LogP contribution in [0.5, 0.6) is 11.5 Å². The van der Waals surface area contributed by atoms with Crippen molar-refractivity contribution in [3.63, 3.8) is 0 Å². The Labute approximate surface area is 181 Å². The van der Waals surface area contributed by atoms with E-state index in [4.69, 9.17) is 21.7 Å². The van der Waals surface area contributed by atoms with Gasteiger partial charge in [-0.3, -0.25) is 9.69 Å². The van der Waals surface area contributed by atoms with E-state index >= 15 is 0 Å². The molecule has 0 unspecified atom stereocenters. The van der Waals surface area contributed by atoms with Crippen LogP contribution >= 0.6 is 24.0 Å². The van der Waals surface area contributed by atoms with Gasteiger partial charge in [0.2, 0.25) is 0 Å². The molecule has 0 N–H and O–H groups in total. The van der Waals surface area contributed by atoms with Crippen LogP contribution in [0, 0.1) is 0 Å². The minimum absolute atomic E-state index is 0.0605. The number of ether oxygens (including phenoxy) is 2. The molecule has 1 fully saturated rings. The molecule has 0 aliphatic carbocycles. The van der Waals surface area contributed by atoms with Crippen LogP contribution in [0.15, 0.2) is 53.4 Å². The Bertz CT molecular complexity index is 891. The molecule has 152 valence electrons. The molecule has 1 aliphatic heterocycles. The highest BCUT2D eigenvalue weighted by Gasteiger charge is 2.28. The Kier molecular flexibility index (Phi) is 7.34. The normalized spacial score (nSPS) is 16.4. The summed E-state index contributed by atoms with van der Waals surface area (Å²) in [5.74, 6) is 2.12. The maximum Gasteiger partial charge on any atom is 0.265 e. The summed E-state index contributed by atoms with van der Waals surface area (Å²) in [6.45, 7) is 5.35. The van der Waals surface area contributed by atoms with E-state index < -0.39 is 0 Å². The van der Waals surface area contributed by atoms with Gasteiger partial charge in [0, 0.05) is 7.05 Å². The third-order valence-electron chi connectivity index (χ3n) is 4.85. The number of hydrogen-bond donors (Lipinski definition) is 0. The molecule has 2 aromatic carbocycles. The predicted molar refractivity (Wildman–Crippen MR) is 124 cm³/mol. The van der Waals surface area contributed by atoms with Crippen molar-refractivity contribution in [2.24, 2.45) is 0 Å². The summed E-state index contributed by atoms with van der Waals surface area (Å²) in [5, 5.41) is 0. The number of thioether (sulfide) groups is 1. The number of benzene rings is 2. The zero-order valence-electron chi connectivity index (χ0n) is 16.9. The Morgan fingerprint density at radius 3 is 2.07 bits per heavy atom. The van der Waals surface area contributed by atoms with Gasteiger partial charge in [0.15, 0.2) is 0 Å². The van der Waals surface area contributed by atoms with Crippen LogP contribution in [-0.2, 0) is 4.79 Å². The summed E-state index contributed by atoms with van der Waals surface area (Å²) < 4.78 is 12.1. The van der Waals surface area contributed by atoms with Crippen LogP contribution < -0.4 is 9.47 Å². The zero-order chi connectivity index (χ0) is 20.8. The third-order valence-corrected chi connectivity index (χ3v) is 6.33. The van der Waals surface area contributed by atoms with Gasteiger partial charge in [-0.25, -0.2) is 0 Å². The summed E-state index contributed by atoms with van der Waals surface area (Å²) in [6, 6.07) is 15.9. The van der Waals surface area contributed by atoms with E-state index in [0.717, 1.165) is 23.5 Å². The highest BCUT2D eigenvalue weighted by Crippen LogP contribution is 2.31. The zero-order valence-corrected chi connectivity index (χ0v) is 18.5. The van der Waals surface area contributed by atoms with Gasteiger partial charge in [0.25, 0.3) is 5.91 Å². The lowest BCUT2D eigenvalue weighted by Gasteiger charge is -2.11. The van der Waals surface area contributed by atoms with Crippen LogP contribution in [0.4, 0.5) is 0 Å². The Morgan fingerprint density at radius 1 is 1.03 bits per heavy atom. The van der Waals surface area contributed by atoms with Gasteiger partial charge >= 0.3 is 0 Å². The summed E-state index contributed by atoms with van der Waals surface area (Å²) in [5.41, 5.74) is 2.27. The van der Waals surface area contributed by atoms with E-state index in [0.29, 0.717) is 28.4 Å². The maximum absolute atomic E-state index is 12.1. The number of amides is 1. The van der Waals surface area contributed by atoms with E-state index in [1.165, 1.54) is 22.2 Å². The minimum Gasteiger partial charge on any atom is -0.490 e. The monoisotopic (exact) mass is 427 g/mol. The lowest BCUT2D eigenvalue weighted by molar-refractivity contribution is -0.121. The molecule has 1 atom stereocenters. The van der Waals surface area contributed by atoms with Crippen LogP contribution in [0.25, 0.3) is 6.08 Å². The van der Waals surface area contributed by atoms with Gasteiger partial charge in [-0.1, -0.05) is 62.1 Å². The summed E-state index contributed by atoms with van der Waals surface area (Å²) in [6.07, 6.45) is 2.97. The molecule has 2 aromatic rings. The highest BCUT2D eigenvalue weighted by molar-refractivity contribution is 8.26. The van der Waals surface area contributed by atoms with E-state index in [2.05, 4.69) is 26.0 Å². The number of rotatable bonds is 8. The van der Waals surface area contributed by atoms with Crippen molar-refractivity contribution in [1.29, 1.82) is 0 Å². The molecule has 1 amide bonds. The minimum atomic E-state index is -0.0605. The first-order chi connectivity index (χ1) is 14.0. The lowest BCUT2D eigenvalue weighted by atomic mass is 9.99. The summed E-state index contributed by atoms with van der Waals surface area (Å²) >= 11 is 6.47. The molecule has 0 radical (unpaired) electrons. The molecule has 1 aliphatic rings. The lowest BCUT2D eigenvalue weighted by Crippen LogP contribution is -2.22. The van der Waals surface area contributed by atoms with Crippen molar-refractivity contribution in [3.8, 4) is 11.5 Å². The standard InChI is InChI=1S/C23H25NO3S2/c1-4-16(2)18-7-11-20(12-8-18)27-14-13-26-19-9-5-17(6-10-19)15-21-22(25)24(3)23(28)29-21/h5-12,15-16H,4,13-14H2,1-3H3/b21-15+/t16-/m0/s1. The number of carbonyl (C=O) groups is 1. The summed E-state index contributed by atoms with van der Waals surface area (Å²) in [4.78, 5) is 14.2. The fraction of sp³-hybridized carbons (Fsp3) is 0.304. The van der Waals surface area contributed by atoms with E-state index in [9.17, 15) is 4.79 Å².